The largest absolute Gasteiger partial charge is 0.444 e. The molecule has 1 amide bonds. The summed E-state index contributed by atoms with van der Waals surface area (Å²) in [7, 11) is 3.55. The highest BCUT2D eigenvalue weighted by molar-refractivity contribution is 5.67. The minimum absolute atomic E-state index is 0.209. The first kappa shape index (κ1) is 20.1. The third-order valence-corrected chi connectivity index (χ3v) is 2.71. The topological polar surface area (TPSA) is 62.2 Å². The van der Waals surface area contributed by atoms with Crippen LogP contribution >= 0.6 is 0 Å². The lowest BCUT2D eigenvalue weighted by Crippen LogP contribution is -2.49. The number of nitrogens with zero attached hydrogens (tertiary/aromatic N) is 2. The van der Waals surface area contributed by atoms with Gasteiger partial charge in [-0.2, -0.15) is 0 Å². The molecule has 0 aliphatic heterocycles. The van der Waals surface area contributed by atoms with Crippen molar-refractivity contribution in [3.8, 4) is 0 Å². The Hall–Kier alpha value is -0.850. The summed E-state index contributed by atoms with van der Waals surface area (Å²) >= 11 is 0. The lowest BCUT2D eigenvalue weighted by Gasteiger charge is -2.33. The molecule has 0 aromatic heterocycles. The highest BCUT2D eigenvalue weighted by atomic mass is 16.6. The second-order valence-corrected chi connectivity index (χ2v) is 6.77. The van der Waals surface area contributed by atoms with Gasteiger partial charge in [-0.15, -0.1) is 0 Å². The summed E-state index contributed by atoms with van der Waals surface area (Å²) in [6.45, 7) is 11.8. The first-order chi connectivity index (χ1) is 9.47. The minimum Gasteiger partial charge on any atom is -0.444 e. The van der Waals surface area contributed by atoms with E-state index < -0.39 is 17.3 Å². The van der Waals surface area contributed by atoms with Crippen molar-refractivity contribution in [2.75, 3.05) is 46.9 Å². The van der Waals surface area contributed by atoms with Crippen molar-refractivity contribution in [2.45, 2.75) is 45.8 Å². The van der Waals surface area contributed by atoms with E-state index in [9.17, 15) is 9.90 Å². The highest BCUT2D eigenvalue weighted by Gasteiger charge is 2.28. The summed E-state index contributed by atoms with van der Waals surface area (Å²) in [5, 5.41) is 10.4. The molecule has 0 bridgehead atoms. The third-order valence-electron chi connectivity index (χ3n) is 2.71. The van der Waals surface area contributed by atoms with Crippen LogP contribution in [0.25, 0.3) is 0 Å². The minimum atomic E-state index is -1.01. The zero-order valence-corrected chi connectivity index (χ0v) is 14.6. The second kappa shape index (κ2) is 8.56. The standard InChI is InChI=1S/C15H32N2O4/c1-8-20-10-9-16(6)11-15(5,19)12-17(7)13(18)21-14(2,3)4/h19H,8-12H2,1-7H3/t15-/m0/s1. The Morgan fingerprint density at radius 2 is 1.71 bits per heavy atom. The molecule has 0 aliphatic carbocycles. The molecule has 6 nitrogen and oxygen atoms in total. The van der Waals surface area contributed by atoms with E-state index in [-0.39, 0.29) is 6.54 Å². The van der Waals surface area contributed by atoms with Gasteiger partial charge in [-0.25, -0.2) is 4.79 Å². The molecule has 1 atom stereocenters. The Labute approximate surface area is 129 Å². The van der Waals surface area contributed by atoms with Crippen LogP contribution in [0.3, 0.4) is 0 Å². The van der Waals surface area contributed by atoms with Gasteiger partial charge in [0.15, 0.2) is 0 Å². The van der Waals surface area contributed by atoms with Gasteiger partial charge in [-0.3, -0.25) is 0 Å². The summed E-state index contributed by atoms with van der Waals surface area (Å²) in [4.78, 5) is 15.3. The van der Waals surface area contributed by atoms with Crippen molar-refractivity contribution in [1.82, 2.24) is 9.80 Å². The normalized spacial score (nSPS) is 14.9. The highest BCUT2D eigenvalue weighted by Crippen LogP contribution is 2.12. The predicted octanol–water partition coefficient (Wildman–Crippen LogP) is 1.57. The number of carbonyl (C=O) groups excluding carboxylic acids is 1. The number of hydrogen-bond acceptors (Lipinski definition) is 5. The van der Waals surface area contributed by atoms with E-state index >= 15 is 0 Å². The maximum atomic E-state index is 11.9. The molecule has 0 radical (unpaired) electrons. The molecule has 0 aliphatic rings. The lowest BCUT2D eigenvalue weighted by molar-refractivity contribution is -0.0189. The number of rotatable bonds is 8. The summed E-state index contributed by atoms with van der Waals surface area (Å²) in [5.41, 5.74) is -1.54. The summed E-state index contributed by atoms with van der Waals surface area (Å²) in [6, 6.07) is 0. The number of amides is 1. The molecular formula is C15H32N2O4. The van der Waals surface area contributed by atoms with E-state index in [2.05, 4.69) is 0 Å². The fraction of sp³-hybridized carbons (Fsp3) is 0.933. The van der Waals surface area contributed by atoms with Crippen LogP contribution < -0.4 is 0 Å². The van der Waals surface area contributed by atoms with Gasteiger partial charge in [-0.1, -0.05) is 0 Å². The summed E-state index contributed by atoms with van der Waals surface area (Å²) < 4.78 is 10.6. The average Bonchev–Trinajstić information content (AvgIpc) is 2.25. The van der Waals surface area contributed by atoms with Crippen molar-refractivity contribution >= 4 is 6.09 Å². The Morgan fingerprint density at radius 1 is 1.14 bits per heavy atom. The lowest BCUT2D eigenvalue weighted by atomic mass is 10.1. The SMILES string of the molecule is CCOCCN(C)C[C@](C)(O)CN(C)C(=O)OC(C)(C)C. The Morgan fingerprint density at radius 3 is 2.19 bits per heavy atom. The molecular weight excluding hydrogens is 272 g/mol. The van der Waals surface area contributed by atoms with Crippen LogP contribution in [-0.2, 0) is 9.47 Å². The molecule has 0 saturated heterocycles. The number of ether oxygens (including phenoxy) is 2. The number of likely N-dealkylation sites (N-methyl/N-ethyl adjacent to an activating group) is 2. The van der Waals surface area contributed by atoms with Gasteiger partial charge >= 0.3 is 6.09 Å². The van der Waals surface area contributed by atoms with Crippen molar-refractivity contribution in [1.29, 1.82) is 0 Å². The third kappa shape index (κ3) is 10.5. The van der Waals surface area contributed by atoms with E-state index in [0.717, 1.165) is 6.54 Å². The van der Waals surface area contributed by atoms with E-state index in [0.29, 0.717) is 19.8 Å². The van der Waals surface area contributed by atoms with Crippen LogP contribution in [0, 0.1) is 0 Å². The molecule has 0 unspecified atom stereocenters. The summed E-state index contributed by atoms with van der Waals surface area (Å²) in [6.07, 6.45) is -0.431. The molecule has 0 saturated carbocycles. The molecule has 0 heterocycles. The van der Waals surface area contributed by atoms with Gasteiger partial charge in [0.1, 0.15) is 5.60 Å². The van der Waals surface area contributed by atoms with E-state index in [1.165, 1.54) is 4.90 Å². The Kier molecular flexibility index (Phi) is 8.21. The van der Waals surface area contributed by atoms with Gasteiger partial charge < -0.3 is 24.4 Å². The zero-order chi connectivity index (χ0) is 16.7. The van der Waals surface area contributed by atoms with Gasteiger partial charge in [0.2, 0.25) is 0 Å². The molecule has 21 heavy (non-hydrogen) atoms. The molecule has 0 aromatic carbocycles. The van der Waals surface area contributed by atoms with Gasteiger partial charge in [0.25, 0.3) is 0 Å². The maximum Gasteiger partial charge on any atom is 0.410 e. The van der Waals surface area contributed by atoms with Crippen molar-refractivity contribution in [2.24, 2.45) is 0 Å². The molecule has 0 spiro atoms. The van der Waals surface area contributed by atoms with Crippen molar-refractivity contribution in [3.05, 3.63) is 0 Å². The molecule has 1 N–H and O–H groups in total. The molecule has 6 heteroatoms. The van der Waals surface area contributed by atoms with Gasteiger partial charge in [0.05, 0.1) is 18.8 Å². The molecule has 0 fully saturated rings. The quantitative estimate of drug-likeness (QED) is 0.690. The Balaban J connectivity index is 4.29. The first-order valence-electron chi connectivity index (χ1n) is 7.39. The van der Waals surface area contributed by atoms with Crippen LogP contribution in [0.1, 0.15) is 34.6 Å². The zero-order valence-electron chi connectivity index (χ0n) is 14.6. The van der Waals surface area contributed by atoms with E-state index in [1.54, 1.807) is 14.0 Å². The molecule has 0 aromatic rings. The number of carbonyl (C=O) groups is 1. The smallest absolute Gasteiger partial charge is 0.410 e. The summed E-state index contributed by atoms with van der Waals surface area (Å²) in [5.74, 6) is 0. The van der Waals surface area contributed by atoms with Crippen molar-refractivity contribution in [3.63, 3.8) is 0 Å². The van der Waals surface area contributed by atoms with Crippen LogP contribution in [0.2, 0.25) is 0 Å². The van der Waals surface area contributed by atoms with Crippen LogP contribution in [0.15, 0.2) is 0 Å². The number of hydrogen-bond donors (Lipinski definition) is 1. The monoisotopic (exact) mass is 304 g/mol. The fourth-order valence-corrected chi connectivity index (χ4v) is 1.99. The van der Waals surface area contributed by atoms with Crippen LogP contribution in [-0.4, -0.2) is 79.1 Å². The average molecular weight is 304 g/mol. The van der Waals surface area contributed by atoms with Crippen molar-refractivity contribution < 1.29 is 19.4 Å². The molecule has 0 rings (SSSR count). The van der Waals surface area contributed by atoms with Crippen LogP contribution in [0.5, 0.6) is 0 Å². The second-order valence-electron chi connectivity index (χ2n) is 6.77. The fourth-order valence-electron chi connectivity index (χ4n) is 1.99. The first-order valence-corrected chi connectivity index (χ1v) is 7.39. The predicted molar refractivity (Wildman–Crippen MR) is 83.5 cm³/mol. The van der Waals surface area contributed by atoms with Gasteiger partial charge in [-0.05, 0) is 41.7 Å². The van der Waals surface area contributed by atoms with Crippen LogP contribution in [0.4, 0.5) is 4.79 Å². The molecule has 126 valence electrons. The maximum absolute atomic E-state index is 11.9. The van der Waals surface area contributed by atoms with Gasteiger partial charge in [0, 0.05) is 26.7 Å². The Bertz CT molecular complexity index is 313. The van der Waals surface area contributed by atoms with E-state index in [4.69, 9.17) is 9.47 Å². The number of aliphatic hydroxyl groups is 1. The van der Waals surface area contributed by atoms with E-state index in [1.807, 2.05) is 39.6 Å².